The van der Waals surface area contributed by atoms with E-state index in [1.807, 2.05) is 24.0 Å². The quantitative estimate of drug-likeness (QED) is 0.395. The standard InChI is InChI=1S/C29H47N3O3/c1-8-11-19-29(34-21-27(4,5)22-35-29)28(30-31(6)7)20-24(23-15-13-12-14-16-23)17-18-25(28)26(33)32(9-2)10-3/h11-16,19,24-25,30H,8-10,17-18,20-22H2,1-7H3/b19-11+. The average Bonchev–Trinajstić information content (AvgIpc) is 2.84. The van der Waals surface area contributed by atoms with Gasteiger partial charge in [-0.1, -0.05) is 57.2 Å². The molecular formula is C29H47N3O3. The Morgan fingerprint density at radius 2 is 1.69 bits per heavy atom. The van der Waals surface area contributed by atoms with Crippen molar-refractivity contribution < 1.29 is 14.3 Å². The minimum absolute atomic E-state index is 0.0886. The Bertz CT molecular complexity index is 840. The number of rotatable bonds is 9. The summed E-state index contributed by atoms with van der Waals surface area (Å²) >= 11 is 0. The van der Waals surface area contributed by atoms with Gasteiger partial charge >= 0.3 is 0 Å². The Morgan fingerprint density at radius 3 is 2.23 bits per heavy atom. The Balaban J connectivity index is 2.19. The lowest BCUT2D eigenvalue weighted by Crippen LogP contribution is -2.75. The van der Waals surface area contributed by atoms with Crippen LogP contribution < -0.4 is 5.43 Å². The molecule has 2 fully saturated rings. The van der Waals surface area contributed by atoms with Crippen molar-refractivity contribution in [3.8, 4) is 0 Å². The van der Waals surface area contributed by atoms with Crippen molar-refractivity contribution in [1.82, 2.24) is 15.3 Å². The molecule has 0 aromatic heterocycles. The van der Waals surface area contributed by atoms with Crippen LogP contribution in [0.15, 0.2) is 42.5 Å². The van der Waals surface area contributed by atoms with Crippen molar-refractivity contribution in [3.63, 3.8) is 0 Å². The van der Waals surface area contributed by atoms with Gasteiger partial charge in [0.1, 0.15) is 5.54 Å². The highest BCUT2D eigenvalue weighted by molar-refractivity contribution is 5.81. The second kappa shape index (κ2) is 11.5. The van der Waals surface area contributed by atoms with Crippen LogP contribution in [0.1, 0.15) is 71.8 Å². The van der Waals surface area contributed by atoms with Gasteiger partial charge in [0.25, 0.3) is 0 Å². The lowest BCUT2D eigenvalue weighted by molar-refractivity contribution is -0.322. The number of allylic oxidation sites excluding steroid dienone is 1. The van der Waals surface area contributed by atoms with Crippen LogP contribution in [0.4, 0.5) is 0 Å². The van der Waals surface area contributed by atoms with Crippen molar-refractivity contribution in [3.05, 3.63) is 48.0 Å². The van der Waals surface area contributed by atoms with E-state index in [1.165, 1.54) is 5.56 Å². The predicted octanol–water partition coefficient (Wildman–Crippen LogP) is 4.98. The van der Waals surface area contributed by atoms with Gasteiger partial charge in [-0.15, -0.1) is 0 Å². The largest absolute Gasteiger partial charge is 0.344 e. The lowest BCUT2D eigenvalue weighted by Gasteiger charge is -2.59. The van der Waals surface area contributed by atoms with E-state index in [0.717, 1.165) is 25.7 Å². The Kier molecular flexibility index (Phi) is 9.19. The van der Waals surface area contributed by atoms with Gasteiger partial charge in [-0.05, 0) is 57.1 Å². The van der Waals surface area contributed by atoms with Gasteiger partial charge in [-0.2, -0.15) is 0 Å². The molecule has 3 atom stereocenters. The van der Waals surface area contributed by atoms with Crippen molar-refractivity contribution in [2.75, 3.05) is 40.4 Å². The SMILES string of the molecule is CC/C=C/C1(C2(NN(C)C)CC(c3ccccc3)CCC2C(=O)N(CC)CC)OCC(C)(C)CO1. The maximum Gasteiger partial charge on any atom is 0.227 e. The smallest absolute Gasteiger partial charge is 0.227 e. The summed E-state index contributed by atoms with van der Waals surface area (Å²) in [5, 5.41) is 1.98. The molecule has 1 aromatic carbocycles. The average molecular weight is 486 g/mol. The second-order valence-electron chi connectivity index (χ2n) is 11.1. The summed E-state index contributed by atoms with van der Waals surface area (Å²) in [6.45, 7) is 13.1. The molecule has 0 bridgehead atoms. The first-order chi connectivity index (χ1) is 16.6. The molecule has 1 N–H and O–H groups in total. The summed E-state index contributed by atoms with van der Waals surface area (Å²) in [6.07, 6.45) is 7.55. The van der Waals surface area contributed by atoms with Gasteiger partial charge in [0.05, 0.1) is 19.1 Å². The Labute approximate surface area is 213 Å². The van der Waals surface area contributed by atoms with E-state index in [2.05, 4.69) is 82.5 Å². The number of hydrogen-bond acceptors (Lipinski definition) is 5. The third kappa shape index (κ3) is 5.82. The normalized spacial score (nSPS) is 28.3. The summed E-state index contributed by atoms with van der Waals surface area (Å²) in [4.78, 5) is 16.1. The summed E-state index contributed by atoms with van der Waals surface area (Å²) in [6, 6.07) is 10.7. The molecule has 196 valence electrons. The highest BCUT2D eigenvalue weighted by Crippen LogP contribution is 2.52. The van der Waals surface area contributed by atoms with E-state index in [4.69, 9.17) is 9.47 Å². The topological polar surface area (TPSA) is 54.0 Å². The number of benzene rings is 1. The van der Waals surface area contributed by atoms with Crippen LogP contribution in [-0.4, -0.2) is 67.5 Å². The van der Waals surface area contributed by atoms with Crippen molar-refractivity contribution in [2.45, 2.75) is 77.5 Å². The van der Waals surface area contributed by atoms with Crippen LogP contribution in [0.5, 0.6) is 0 Å². The fourth-order valence-electron chi connectivity index (χ4n) is 5.80. The number of ether oxygens (including phenoxy) is 2. The van der Waals surface area contributed by atoms with E-state index < -0.39 is 11.3 Å². The molecule has 0 spiro atoms. The van der Waals surface area contributed by atoms with Gasteiger partial charge in [-0.25, -0.2) is 10.4 Å². The molecule has 1 saturated carbocycles. The first-order valence-electron chi connectivity index (χ1n) is 13.4. The van der Waals surface area contributed by atoms with Crippen LogP contribution >= 0.6 is 0 Å². The molecule has 1 aromatic rings. The third-order valence-electron chi connectivity index (χ3n) is 7.58. The van der Waals surface area contributed by atoms with Gasteiger partial charge in [0.15, 0.2) is 0 Å². The minimum Gasteiger partial charge on any atom is -0.344 e. The zero-order valence-electron chi connectivity index (χ0n) is 23.0. The molecule has 3 rings (SSSR count). The number of hydrazine groups is 1. The van der Waals surface area contributed by atoms with E-state index >= 15 is 0 Å². The molecule has 1 amide bonds. The predicted molar refractivity (Wildman–Crippen MR) is 142 cm³/mol. The summed E-state index contributed by atoms with van der Waals surface area (Å²) in [7, 11) is 3.99. The molecule has 1 aliphatic carbocycles. The first-order valence-corrected chi connectivity index (χ1v) is 13.4. The zero-order valence-corrected chi connectivity index (χ0v) is 23.0. The van der Waals surface area contributed by atoms with Gasteiger partial charge < -0.3 is 14.4 Å². The van der Waals surface area contributed by atoms with Crippen molar-refractivity contribution in [2.24, 2.45) is 11.3 Å². The summed E-state index contributed by atoms with van der Waals surface area (Å²) in [5.41, 5.74) is 4.21. The summed E-state index contributed by atoms with van der Waals surface area (Å²) < 4.78 is 13.5. The van der Waals surface area contributed by atoms with E-state index in [9.17, 15) is 4.79 Å². The van der Waals surface area contributed by atoms with Crippen molar-refractivity contribution >= 4 is 5.91 Å². The molecule has 1 aliphatic heterocycles. The molecule has 0 radical (unpaired) electrons. The van der Waals surface area contributed by atoms with Crippen LogP contribution in [0.2, 0.25) is 0 Å². The molecule has 1 saturated heterocycles. The molecule has 2 aliphatic rings. The van der Waals surface area contributed by atoms with E-state index in [1.54, 1.807) is 0 Å². The zero-order chi connectivity index (χ0) is 25.7. The van der Waals surface area contributed by atoms with Crippen LogP contribution in [0.3, 0.4) is 0 Å². The highest BCUT2D eigenvalue weighted by Gasteiger charge is 2.63. The van der Waals surface area contributed by atoms with Gasteiger partial charge in [-0.3, -0.25) is 4.79 Å². The molecular weight excluding hydrogens is 438 g/mol. The monoisotopic (exact) mass is 485 g/mol. The molecule has 6 heteroatoms. The maximum absolute atomic E-state index is 14.1. The Hall–Kier alpha value is -1.73. The minimum atomic E-state index is -1.05. The number of carbonyl (C=O) groups is 1. The second-order valence-corrected chi connectivity index (χ2v) is 11.1. The maximum atomic E-state index is 14.1. The van der Waals surface area contributed by atoms with Crippen LogP contribution in [0.25, 0.3) is 0 Å². The molecule has 1 heterocycles. The molecule has 3 unspecified atom stereocenters. The number of hydrogen-bond donors (Lipinski definition) is 1. The number of nitrogens with one attached hydrogen (secondary N) is 1. The first kappa shape index (κ1) is 27.9. The van der Waals surface area contributed by atoms with Crippen LogP contribution in [-0.2, 0) is 14.3 Å². The van der Waals surface area contributed by atoms with E-state index in [-0.39, 0.29) is 17.2 Å². The number of amides is 1. The van der Waals surface area contributed by atoms with Gasteiger partial charge in [0.2, 0.25) is 11.7 Å². The fraction of sp³-hybridized carbons (Fsp3) is 0.690. The summed E-state index contributed by atoms with van der Waals surface area (Å²) in [5.74, 6) is -0.868. The fourth-order valence-corrected chi connectivity index (χ4v) is 5.80. The van der Waals surface area contributed by atoms with Crippen molar-refractivity contribution in [1.29, 1.82) is 0 Å². The van der Waals surface area contributed by atoms with E-state index in [0.29, 0.717) is 32.2 Å². The number of nitrogens with zero attached hydrogens (tertiary/aromatic N) is 2. The third-order valence-corrected chi connectivity index (χ3v) is 7.58. The highest BCUT2D eigenvalue weighted by atomic mass is 16.7. The number of carbonyl (C=O) groups excluding carboxylic acids is 1. The van der Waals surface area contributed by atoms with Gasteiger partial charge in [0, 0.05) is 32.6 Å². The molecule has 35 heavy (non-hydrogen) atoms. The Morgan fingerprint density at radius 1 is 1.06 bits per heavy atom. The molecule has 6 nitrogen and oxygen atoms in total. The lowest BCUT2D eigenvalue weighted by atomic mass is 9.62. The van der Waals surface area contributed by atoms with Crippen LogP contribution in [0, 0.1) is 11.3 Å².